The summed E-state index contributed by atoms with van der Waals surface area (Å²) in [4.78, 5) is 12.2. The van der Waals surface area contributed by atoms with Crippen molar-refractivity contribution in [2.75, 3.05) is 19.8 Å². The summed E-state index contributed by atoms with van der Waals surface area (Å²) in [6.45, 7) is 4.22. The van der Waals surface area contributed by atoms with Crippen molar-refractivity contribution in [3.05, 3.63) is 0 Å². The molecule has 4 heteroatoms. The molecule has 0 spiro atoms. The van der Waals surface area contributed by atoms with Crippen molar-refractivity contribution < 1.29 is 9.53 Å². The molecule has 104 valence electrons. The number of hydrogen-bond donors (Lipinski definition) is 2. The van der Waals surface area contributed by atoms with Crippen LogP contribution in [0.4, 0.5) is 0 Å². The van der Waals surface area contributed by atoms with Crippen molar-refractivity contribution >= 4 is 5.91 Å². The molecule has 1 aliphatic heterocycles. The standard InChI is InChI=1S/C14H26N2O2/c1-2-13(5-3-4-6-13)11-16-12(17)14(15)7-9-18-10-8-14/h2-11,15H2,1H3,(H,16,17). The third-order valence-corrected chi connectivity index (χ3v) is 4.88. The van der Waals surface area contributed by atoms with Gasteiger partial charge in [-0.3, -0.25) is 4.79 Å². The van der Waals surface area contributed by atoms with Crippen LogP contribution in [0.5, 0.6) is 0 Å². The number of rotatable bonds is 4. The second kappa shape index (κ2) is 5.57. The Kier molecular flexibility index (Phi) is 4.28. The first-order valence-electron chi connectivity index (χ1n) is 7.25. The van der Waals surface area contributed by atoms with Crippen LogP contribution in [0, 0.1) is 5.41 Å². The first-order chi connectivity index (χ1) is 8.60. The highest BCUT2D eigenvalue weighted by atomic mass is 16.5. The third kappa shape index (κ3) is 2.86. The smallest absolute Gasteiger partial charge is 0.240 e. The van der Waals surface area contributed by atoms with Gasteiger partial charge in [-0.15, -0.1) is 0 Å². The number of carbonyl (C=O) groups is 1. The van der Waals surface area contributed by atoms with E-state index in [9.17, 15) is 4.79 Å². The van der Waals surface area contributed by atoms with Crippen molar-refractivity contribution in [2.45, 2.75) is 57.4 Å². The van der Waals surface area contributed by atoms with E-state index in [1.54, 1.807) is 0 Å². The fourth-order valence-electron chi connectivity index (χ4n) is 3.19. The first-order valence-corrected chi connectivity index (χ1v) is 7.25. The maximum absolute atomic E-state index is 12.2. The van der Waals surface area contributed by atoms with Crippen LogP contribution in [0.15, 0.2) is 0 Å². The Labute approximate surface area is 110 Å². The van der Waals surface area contributed by atoms with Crippen LogP contribution in [0.3, 0.4) is 0 Å². The van der Waals surface area contributed by atoms with Gasteiger partial charge in [0, 0.05) is 19.8 Å². The Bertz CT molecular complexity index is 292. The van der Waals surface area contributed by atoms with Gasteiger partial charge < -0.3 is 15.8 Å². The van der Waals surface area contributed by atoms with Gasteiger partial charge in [0.1, 0.15) is 0 Å². The van der Waals surface area contributed by atoms with Gasteiger partial charge in [0.15, 0.2) is 0 Å². The Morgan fingerprint density at radius 1 is 1.22 bits per heavy atom. The molecule has 1 saturated carbocycles. The quantitative estimate of drug-likeness (QED) is 0.800. The highest BCUT2D eigenvalue weighted by Gasteiger charge is 2.38. The van der Waals surface area contributed by atoms with Gasteiger partial charge in [0.2, 0.25) is 5.91 Å². The Morgan fingerprint density at radius 3 is 2.39 bits per heavy atom. The normalized spacial score (nSPS) is 25.9. The minimum Gasteiger partial charge on any atom is -0.381 e. The molecule has 4 nitrogen and oxygen atoms in total. The number of ether oxygens (including phenoxy) is 1. The second-order valence-corrected chi connectivity index (χ2v) is 6.01. The average molecular weight is 254 g/mol. The SMILES string of the molecule is CCC1(CNC(=O)C2(N)CCOCC2)CCCC1. The Hall–Kier alpha value is -0.610. The fourth-order valence-corrected chi connectivity index (χ4v) is 3.19. The summed E-state index contributed by atoms with van der Waals surface area (Å²) >= 11 is 0. The van der Waals surface area contributed by atoms with E-state index >= 15 is 0 Å². The molecule has 18 heavy (non-hydrogen) atoms. The molecule has 0 unspecified atom stereocenters. The van der Waals surface area contributed by atoms with Gasteiger partial charge in [-0.05, 0) is 37.5 Å². The Balaban J connectivity index is 1.87. The zero-order valence-corrected chi connectivity index (χ0v) is 11.5. The molecule has 3 N–H and O–H groups in total. The molecule has 0 aromatic carbocycles. The van der Waals surface area contributed by atoms with Crippen LogP contribution in [0.2, 0.25) is 0 Å². The fraction of sp³-hybridized carbons (Fsp3) is 0.929. The summed E-state index contributed by atoms with van der Waals surface area (Å²) in [5.41, 5.74) is 5.81. The van der Waals surface area contributed by atoms with Gasteiger partial charge in [0.25, 0.3) is 0 Å². The molecule has 2 fully saturated rings. The van der Waals surface area contributed by atoms with Crippen molar-refractivity contribution in [1.29, 1.82) is 0 Å². The number of nitrogens with one attached hydrogen (secondary N) is 1. The number of hydrogen-bond acceptors (Lipinski definition) is 3. The molecule has 0 bridgehead atoms. The molecule has 0 radical (unpaired) electrons. The highest BCUT2D eigenvalue weighted by Crippen LogP contribution is 2.40. The van der Waals surface area contributed by atoms with E-state index in [-0.39, 0.29) is 5.91 Å². The minimum atomic E-state index is -0.703. The second-order valence-electron chi connectivity index (χ2n) is 6.01. The largest absolute Gasteiger partial charge is 0.381 e. The van der Waals surface area contributed by atoms with E-state index in [4.69, 9.17) is 10.5 Å². The number of carbonyl (C=O) groups excluding carboxylic acids is 1. The molecule has 1 amide bonds. The van der Waals surface area contributed by atoms with Crippen LogP contribution >= 0.6 is 0 Å². The van der Waals surface area contributed by atoms with Crippen molar-refractivity contribution in [2.24, 2.45) is 11.1 Å². The highest BCUT2D eigenvalue weighted by molar-refractivity contribution is 5.86. The van der Waals surface area contributed by atoms with E-state index < -0.39 is 5.54 Å². The molecular formula is C14H26N2O2. The van der Waals surface area contributed by atoms with Gasteiger partial charge in [0.05, 0.1) is 5.54 Å². The zero-order valence-electron chi connectivity index (χ0n) is 11.5. The topological polar surface area (TPSA) is 64.4 Å². The van der Waals surface area contributed by atoms with Crippen molar-refractivity contribution in [1.82, 2.24) is 5.32 Å². The average Bonchev–Trinajstić information content (AvgIpc) is 2.86. The first kappa shape index (κ1) is 13.8. The molecule has 2 aliphatic rings. The summed E-state index contributed by atoms with van der Waals surface area (Å²) in [6.07, 6.45) is 7.50. The van der Waals surface area contributed by atoms with Crippen molar-refractivity contribution in [3.63, 3.8) is 0 Å². The molecule has 0 aromatic heterocycles. The third-order valence-electron chi connectivity index (χ3n) is 4.88. The minimum absolute atomic E-state index is 0.0190. The lowest BCUT2D eigenvalue weighted by molar-refractivity contribution is -0.130. The molecule has 2 rings (SSSR count). The maximum atomic E-state index is 12.2. The monoisotopic (exact) mass is 254 g/mol. The van der Waals surface area contributed by atoms with Crippen LogP contribution < -0.4 is 11.1 Å². The zero-order chi connectivity index (χ0) is 13.1. The lowest BCUT2D eigenvalue weighted by Crippen LogP contribution is -2.58. The maximum Gasteiger partial charge on any atom is 0.240 e. The molecule has 0 atom stereocenters. The van der Waals surface area contributed by atoms with E-state index in [1.807, 2.05) is 0 Å². The number of amides is 1. The van der Waals surface area contributed by atoms with Gasteiger partial charge >= 0.3 is 0 Å². The molecule has 1 saturated heterocycles. The molecule has 1 heterocycles. The van der Waals surface area contributed by atoms with Gasteiger partial charge in [-0.2, -0.15) is 0 Å². The lowest BCUT2D eigenvalue weighted by Gasteiger charge is -2.34. The summed E-state index contributed by atoms with van der Waals surface area (Å²) in [6, 6.07) is 0. The lowest BCUT2D eigenvalue weighted by atomic mass is 9.82. The van der Waals surface area contributed by atoms with Crippen LogP contribution in [0.25, 0.3) is 0 Å². The summed E-state index contributed by atoms with van der Waals surface area (Å²) in [7, 11) is 0. The van der Waals surface area contributed by atoms with Crippen LogP contribution in [0.1, 0.15) is 51.9 Å². The summed E-state index contributed by atoms with van der Waals surface area (Å²) in [5.74, 6) is 0.0190. The van der Waals surface area contributed by atoms with Crippen LogP contribution in [-0.2, 0) is 9.53 Å². The molecule has 1 aliphatic carbocycles. The number of nitrogens with two attached hydrogens (primary N) is 1. The predicted molar refractivity (Wildman–Crippen MR) is 71.2 cm³/mol. The Morgan fingerprint density at radius 2 is 1.83 bits per heavy atom. The van der Waals surface area contributed by atoms with E-state index in [0.29, 0.717) is 31.5 Å². The summed E-state index contributed by atoms with van der Waals surface area (Å²) in [5, 5.41) is 3.11. The molecular weight excluding hydrogens is 228 g/mol. The molecule has 0 aromatic rings. The van der Waals surface area contributed by atoms with Gasteiger partial charge in [-0.25, -0.2) is 0 Å². The summed E-state index contributed by atoms with van der Waals surface area (Å²) < 4.78 is 5.27. The van der Waals surface area contributed by atoms with Crippen molar-refractivity contribution in [3.8, 4) is 0 Å². The van der Waals surface area contributed by atoms with E-state index in [0.717, 1.165) is 13.0 Å². The predicted octanol–water partition coefficient (Wildman–Crippen LogP) is 1.58. The van der Waals surface area contributed by atoms with E-state index in [2.05, 4.69) is 12.2 Å². The van der Waals surface area contributed by atoms with Crippen LogP contribution in [-0.4, -0.2) is 31.2 Å². The van der Waals surface area contributed by atoms with E-state index in [1.165, 1.54) is 25.7 Å². The van der Waals surface area contributed by atoms with Gasteiger partial charge in [-0.1, -0.05) is 19.8 Å².